The first kappa shape index (κ1) is 14.9. The number of esters is 1. The molecule has 6 nitrogen and oxygen atoms in total. The number of carbonyl (C=O) groups is 3. The lowest BCUT2D eigenvalue weighted by Gasteiger charge is -2.16. The molecule has 1 aromatic rings. The van der Waals surface area contributed by atoms with E-state index in [9.17, 15) is 14.4 Å². The van der Waals surface area contributed by atoms with Gasteiger partial charge in [-0.25, -0.2) is 0 Å². The molecule has 6 heteroatoms. The van der Waals surface area contributed by atoms with Crippen molar-refractivity contribution in [1.29, 1.82) is 0 Å². The van der Waals surface area contributed by atoms with Crippen LogP contribution in [0.5, 0.6) is 0 Å². The molecule has 0 aromatic carbocycles. The Hall–Kier alpha value is -2.11. The zero-order chi connectivity index (χ0) is 14.6. The Labute approximate surface area is 111 Å². The summed E-state index contributed by atoms with van der Waals surface area (Å²) in [6.07, 6.45) is 1.76. The molecule has 0 spiro atoms. The van der Waals surface area contributed by atoms with Crippen LogP contribution in [-0.2, 0) is 16.6 Å². The molecule has 0 N–H and O–H groups in total. The summed E-state index contributed by atoms with van der Waals surface area (Å²) < 4.78 is 6.12. The molecule has 0 aliphatic heterocycles. The van der Waals surface area contributed by atoms with Gasteiger partial charge >= 0.3 is 5.97 Å². The van der Waals surface area contributed by atoms with Gasteiger partial charge in [0.05, 0.1) is 13.5 Å². The van der Waals surface area contributed by atoms with E-state index < -0.39 is 0 Å². The maximum absolute atomic E-state index is 12.1. The SMILES string of the molecule is COC(=O)CCN(C)C(=O)c1cc(C(C)=O)cn1C. The number of nitrogens with zero attached hydrogens (tertiary/aromatic N) is 2. The van der Waals surface area contributed by atoms with Crippen LogP contribution in [0.3, 0.4) is 0 Å². The first-order valence-electron chi connectivity index (χ1n) is 5.86. The Morgan fingerprint density at radius 2 is 2.00 bits per heavy atom. The van der Waals surface area contributed by atoms with Gasteiger partial charge in [0.25, 0.3) is 5.91 Å². The van der Waals surface area contributed by atoms with Crippen molar-refractivity contribution in [2.75, 3.05) is 20.7 Å². The lowest BCUT2D eigenvalue weighted by molar-refractivity contribution is -0.140. The van der Waals surface area contributed by atoms with Crippen molar-refractivity contribution in [1.82, 2.24) is 9.47 Å². The van der Waals surface area contributed by atoms with Gasteiger partial charge in [0, 0.05) is 32.4 Å². The van der Waals surface area contributed by atoms with Gasteiger partial charge in [0.1, 0.15) is 5.69 Å². The van der Waals surface area contributed by atoms with Crippen molar-refractivity contribution in [3.8, 4) is 0 Å². The van der Waals surface area contributed by atoms with E-state index in [2.05, 4.69) is 4.74 Å². The number of aryl methyl sites for hydroxylation is 1. The molecule has 104 valence electrons. The van der Waals surface area contributed by atoms with Crippen molar-refractivity contribution >= 4 is 17.7 Å². The second kappa shape index (κ2) is 6.17. The fourth-order valence-corrected chi connectivity index (χ4v) is 1.63. The molecular weight excluding hydrogens is 248 g/mol. The topological polar surface area (TPSA) is 68.6 Å². The standard InChI is InChI=1S/C13H18N2O4/c1-9(16)10-7-11(15(3)8-10)13(18)14(2)6-5-12(17)19-4/h7-8H,5-6H2,1-4H3. The number of hydrogen-bond acceptors (Lipinski definition) is 4. The molecule has 1 aromatic heterocycles. The Morgan fingerprint density at radius 1 is 1.37 bits per heavy atom. The highest BCUT2D eigenvalue weighted by Crippen LogP contribution is 2.10. The first-order chi connectivity index (χ1) is 8.86. The molecule has 19 heavy (non-hydrogen) atoms. The largest absolute Gasteiger partial charge is 0.469 e. The van der Waals surface area contributed by atoms with Gasteiger partial charge in [0.2, 0.25) is 0 Å². The predicted octanol–water partition coefficient (Wildman–Crippen LogP) is 0.863. The molecule has 0 fully saturated rings. The second-order valence-corrected chi connectivity index (χ2v) is 4.33. The Bertz CT molecular complexity index is 505. The number of aromatic nitrogens is 1. The van der Waals surface area contributed by atoms with Crippen LogP contribution in [0, 0.1) is 0 Å². The molecule has 0 bridgehead atoms. The maximum Gasteiger partial charge on any atom is 0.307 e. The predicted molar refractivity (Wildman–Crippen MR) is 69.0 cm³/mol. The molecular formula is C13H18N2O4. The minimum Gasteiger partial charge on any atom is -0.469 e. The van der Waals surface area contributed by atoms with Gasteiger partial charge in [-0.05, 0) is 13.0 Å². The summed E-state index contributed by atoms with van der Waals surface area (Å²) in [6.45, 7) is 1.72. The van der Waals surface area contributed by atoms with Crippen LogP contribution in [0.4, 0.5) is 0 Å². The van der Waals surface area contributed by atoms with Crippen LogP contribution in [-0.4, -0.2) is 47.8 Å². The number of ketones is 1. The summed E-state index contributed by atoms with van der Waals surface area (Å²) in [6, 6.07) is 1.55. The van der Waals surface area contributed by atoms with Gasteiger partial charge in [-0.15, -0.1) is 0 Å². The van der Waals surface area contributed by atoms with E-state index >= 15 is 0 Å². The maximum atomic E-state index is 12.1. The summed E-state index contributed by atoms with van der Waals surface area (Å²) in [5, 5.41) is 0. The third-order valence-electron chi connectivity index (χ3n) is 2.86. The van der Waals surface area contributed by atoms with Gasteiger partial charge in [-0.2, -0.15) is 0 Å². The Morgan fingerprint density at radius 3 is 2.47 bits per heavy atom. The van der Waals surface area contributed by atoms with E-state index in [0.717, 1.165) is 0 Å². The van der Waals surface area contributed by atoms with E-state index in [1.165, 1.54) is 18.9 Å². The second-order valence-electron chi connectivity index (χ2n) is 4.33. The zero-order valence-corrected chi connectivity index (χ0v) is 11.6. The van der Waals surface area contributed by atoms with Crippen molar-refractivity contribution < 1.29 is 19.1 Å². The molecule has 0 aliphatic carbocycles. The molecule has 0 radical (unpaired) electrons. The van der Waals surface area contributed by atoms with Gasteiger partial charge in [-0.3, -0.25) is 14.4 Å². The van der Waals surface area contributed by atoms with Crippen LogP contribution < -0.4 is 0 Å². The number of Topliss-reactive ketones (excluding diaryl/α,β-unsaturated/α-hetero) is 1. The van der Waals surface area contributed by atoms with Crippen LogP contribution in [0.2, 0.25) is 0 Å². The average Bonchev–Trinajstić information content (AvgIpc) is 2.76. The van der Waals surface area contributed by atoms with Gasteiger partial charge in [-0.1, -0.05) is 0 Å². The number of rotatable bonds is 5. The molecule has 1 heterocycles. The highest BCUT2D eigenvalue weighted by molar-refractivity contribution is 5.99. The van der Waals surface area contributed by atoms with Crippen molar-refractivity contribution in [2.24, 2.45) is 7.05 Å². The van der Waals surface area contributed by atoms with E-state index in [1.807, 2.05) is 0 Å². The summed E-state index contributed by atoms with van der Waals surface area (Å²) in [7, 11) is 4.61. The van der Waals surface area contributed by atoms with E-state index in [-0.39, 0.29) is 30.6 Å². The van der Waals surface area contributed by atoms with E-state index in [1.54, 1.807) is 30.9 Å². The molecule has 0 aliphatic rings. The number of ether oxygens (including phenoxy) is 1. The zero-order valence-electron chi connectivity index (χ0n) is 11.6. The summed E-state index contributed by atoms with van der Waals surface area (Å²) in [5.41, 5.74) is 0.907. The lowest BCUT2D eigenvalue weighted by Crippen LogP contribution is -2.30. The molecule has 0 saturated carbocycles. The summed E-state index contributed by atoms with van der Waals surface area (Å²) in [4.78, 5) is 35.9. The average molecular weight is 266 g/mol. The molecule has 0 atom stereocenters. The number of amides is 1. The van der Waals surface area contributed by atoms with Gasteiger partial charge < -0.3 is 14.2 Å². The van der Waals surface area contributed by atoms with Crippen LogP contribution in [0.1, 0.15) is 34.2 Å². The Balaban J connectivity index is 2.76. The van der Waals surface area contributed by atoms with Crippen molar-refractivity contribution in [3.63, 3.8) is 0 Å². The van der Waals surface area contributed by atoms with Crippen LogP contribution in [0.15, 0.2) is 12.3 Å². The van der Waals surface area contributed by atoms with Crippen LogP contribution >= 0.6 is 0 Å². The van der Waals surface area contributed by atoms with E-state index in [0.29, 0.717) is 11.3 Å². The minimum atomic E-state index is -0.365. The number of carbonyl (C=O) groups excluding carboxylic acids is 3. The third-order valence-corrected chi connectivity index (χ3v) is 2.86. The molecule has 1 amide bonds. The highest BCUT2D eigenvalue weighted by atomic mass is 16.5. The van der Waals surface area contributed by atoms with Crippen molar-refractivity contribution in [2.45, 2.75) is 13.3 Å². The number of methoxy groups -OCH3 is 1. The number of hydrogen-bond donors (Lipinski definition) is 0. The molecule has 0 unspecified atom stereocenters. The first-order valence-corrected chi connectivity index (χ1v) is 5.86. The third kappa shape index (κ3) is 3.67. The fraction of sp³-hybridized carbons (Fsp3) is 0.462. The smallest absolute Gasteiger partial charge is 0.307 e. The van der Waals surface area contributed by atoms with Crippen molar-refractivity contribution in [3.05, 3.63) is 23.5 Å². The quantitative estimate of drug-likeness (QED) is 0.585. The van der Waals surface area contributed by atoms with Gasteiger partial charge in [0.15, 0.2) is 5.78 Å². The van der Waals surface area contributed by atoms with E-state index in [4.69, 9.17) is 0 Å². The Kier molecular flexibility index (Phi) is 4.86. The summed E-state index contributed by atoms with van der Waals surface area (Å²) >= 11 is 0. The minimum absolute atomic E-state index is 0.0909. The lowest BCUT2D eigenvalue weighted by atomic mass is 10.2. The monoisotopic (exact) mass is 266 g/mol. The molecule has 0 saturated heterocycles. The normalized spacial score (nSPS) is 10.1. The summed E-state index contributed by atoms with van der Waals surface area (Å²) in [5.74, 6) is -0.693. The molecule has 1 rings (SSSR count). The highest BCUT2D eigenvalue weighted by Gasteiger charge is 2.18. The van der Waals surface area contributed by atoms with Crippen LogP contribution in [0.25, 0.3) is 0 Å². The fourth-order valence-electron chi connectivity index (χ4n) is 1.63.